The predicted octanol–water partition coefficient (Wildman–Crippen LogP) is 23.6. The van der Waals surface area contributed by atoms with Crippen molar-refractivity contribution in [2.75, 3.05) is 0 Å². The summed E-state index contributed by atoms with van der Waals surface area (Å²) in [7, 11) is 19.7. The quantitative estimate of drug-likeness (QED) is 0.168. The summed E-state index contributed by atoms with van der Waals surface area (Å²) in [6, 6.07) is 0. The fourth-order valence-corrected chi connectivity index (χ4v) is 15.9. The van der Waals surface area contributed by atoms with Crippen LogP contribution in [-0.2, 0) is 41.7 Å². The van der Waals surface area contributed by atoms with Crippen LogP contribution in [0.15, 0.2) is 0 Å². The van der Waals surface area contributed by atoms with Crippen LogP contribution >= 0.6 is 34.1 Å². The van der Waals surface area contributed by atoms with Crippen LogP contribution in [0, 0.1) is 135 Å². The minimum absolute atomic E-state index is 0. The van der Waals surface area contributed by atoms with Crippen LogP contribution in [0.25, 0.3) is 0 Å². The molecule has 8 aliphatic rings. The van der Waals surface area contributed by atoms with Crippen molar-refractivity contribution in [2.45, 2.75) is 263 Å². The summed E-state index contributed by atoms with van der Waals surface area (Å²) < 4.78 is 0. The van der Waals surface area contributed by atoms with Gasteiger partial charge in [0.05, 0.1) is 0 Å². The van der Waals surface area contributed by atoms with Crippen molar-refractivity contribution in [3.8, 4) is 0 Å². The van der Waals surface area contributed by atoms with E-state index in [0.717, 1.165) is 88.8 Å². The van der Waals surface area contributed by atoms with Crippen LogP contribution in [0.1, 0.15) is 263 Å². The minimum atomic E-state index is -0.826. The van der Waals surface area contributed by atoms with Gasteiger partial charge in [-0.25, -0.2) is 0 Å². The Morgan fingerprint density at radius 2 is 0.765 bits per heavy atom. The Bertz CT molecular complexity index is 1130. The van der Waals surface area contributed by atoms with Gasteiger partial charge in [0.25, 0.3) is 0 Å². The topological polar surface area (TPSA) is 0 Å². The molecule has 68 heavy (non-hydrogen) atoms. The molecule has 0 aromatic carbocycles. The first-order valence-electron chi connectivity index (χ1n) is 28.4. The zero-order valence-electron chi connectivity index (χ0n) is 48.5. The van der Waals surface area contributed by atoms with Crippen molar-refractivity contribution in [3.05, 3.63) is 29.7 Å². The molecule has 404 valence electrons. The van der Waals surface area contributed by atoms with E-state index in [1.807, 2.05) is 0 Å². The molecule has 8 rings (SSSR count). The molecule has 0 heterocycles. The summed E-state index contributed by atoms with van der Waals surface area (Å²) in [4.78, 5) is 0. The van der Waals surface area contributed by atoms with Crippen molar-refractivity contribution in [3.63, 3.8) is 0 Å². The molecule has 8 saturated carbocycles. The molecule has 0 aromatic rings. The molecule has 0 bridgehead atoms. The van der Waals surface area contributed by atoms with Crippen LogP contribution in [0.3, 0.4) is 0 Å². The molecule has 0 aliphatic heterocycles. The number of fused-ring (bicyclic) bond motifs is 6. The van der Waals surface area contributed by atoms with Crippen LogP contribution in [-0.4, -0.2) is 0 Å². The van der Waals surface area contributed by atoms with E-state index < -0.39 is 41.7 Å². The molecule has 15 unspecified atom stereocenters. The third-order valence-corrected chi connectivity index (χ3v) is 20.2. The van der Waals surface area contributed by atoms with E-state index in [1.54, 1.807) is 89.9 Å². The van der Waals surface area contributed by atoms with Crippen LogP contribution < -0.4 is 0 Å². The average Bonchev–Trinajstić information content (AvgIpc) is 4.05. The monoisotopic (exact) mass is 1180 g/mol. The summed E-state index contributed by atoms with van der Waals surface area (Å²) in [5, 5.41) is 0. The summed E-state index contributed by atoms with van der Waals surface area (Å²) in [5.41, 5.74) is 1.07. The van der Waals surface area contributed by atoms with Gasteiger partial charge in [-0.05, 0) is 183 Å². The molecule has 0 nitrogen and oxygen atoms in total. The van der Waals surface area contributed by atoms with Crippen molar-refractivity contribution < 1.29 is 41.7 Å². The molecule has 0 radical (unpaired) electrons. The maximum absolute atomic E-state index is 4.93. The fourth-order valence-electron chi connectivity index (χ4n) is 15.9. The molecule has 8 aliphatic carbocycles. The van der Waals surface area contributed by atoms with E-state index in [1.165, 1.54) is 95.8 Å². The van der Waals surface area contributed by atoms with Gasteiger partial charge < -0.3 is 29.7 Å². The maximum atomic E-state index is 4.93. The van der Waals surface area contributed by atoms with Gasteiger partial charge in [-0.3, -0.25) is 0 Å². The van der Waals surface area contributed by atoms with Crippen molar-refractivity contribution in [1.29, 1.82) is 0 Å². The number of rotatable bonds is 8. The molecule has 0 amide bonds. The Balaban J connectivity index is 0. The normalized spacial score (nSPS) is 35.3. The first-order chi connectivity index (χ1) is 30.4. The fraction of sp³-hybridized carbons (Fsp3) is 0.935. The van der Waals surface area contributed by atoms with E-state index >= 15 is 0 Å². The Morgan fingerprint density at radius 3 is 1.19 bits per heavy atom. The number of hydrogen-bond donors (Lipinski definition) is 0. The third-order valence-electron chi connectivity index (χ3n) is 20.2. The third kappa shape index (κ3) is 24.5. The van der Waals surface area contributed by atoms with E-state index in [0.29, 0.717) is 10.8 Å². The average molecular weight is 1190 g/mol. The van der Waals surface area contributed by atoms with Gasteiger partial charge in [-0.1, -0.05) is 186 Å². The zero-order chi connectivity index (χ0) is 47.5. The van der Waals surface area contributed by atoms with Gasteiger partial charge in [-0.2, -0.15) is 0 Å². The molecule has 0 saturated heterocycles. The van der Waals surface area contributed by atoms with Crippen molar-refractivity contribution in [1.82, 2.24) is 0 Å². The van der Waals surface area contributed by atoms with Crippen molar-refractivity contribution in [2.24, 2.45) is 106 Å². The Kier molecular flexibility index (Phi) is 41.3. The van der Waals surface area contributed by atoms with E-state index in [-0.39, 0.29) is 29.7 Å². The molecular formula is C62H120Cl4Zr2. The Morgan fingerprint density at radius 1 is 0.382 bits per heavy atom. The molecule has 0 spiro atoms. The van der Waals surface area contributed by atoms with Gasteiger partial charge in [-0.15, -0.1) is 0 Å². The molecule has 15 atom stereocenters. The molecular weight excluding hydrogens is 1070 g/mol. The van der Waals surface area contributed by atoms with E-state index in [4.69, 9.17) is 34.1 Å². The summed E-state index contributed by atoms with van der Waals surface area (Å²) in [6.07, 6.45) is 42.8. The van der Waals surface area contributed by atoms with Crippen LogP contribution in [0.5, 0.6) is 0 Å². The van der Waals surface area contributed by atoms with Crippen molar-refractivity contribution >= 4 is 34.1 Å². The molecule has 8 fully saturated rings. The second kappa shape index (κ2) is 38.5. The standard InChI is InChI=1S/C21H38.C19H34.2C9H18.4CH3.4ClH.2Zr/c1-20(2,3)16-7-9-18-14(12-16)11-15-13-17(21(4,5)6)8-10-19(15)18;1-2-3-4-5-8-15-11-12-19-17(13-15)14-16-9-6-7-10-18(16)19;1-6-5-7(2)9(4)8(6)3;1-2-3-6-9-7-4-5-8-9;;;;;;;;;;/h14-19H,7-13H2,1-6H3;15-19H,2-14H2,1H3;6-9H,5H2,1-4H3;9H,2-8H2,1H3;4*1H3;4*1H;;/q;;;;4*-1;;;;;2*+4/p-4. The second-order valence-corrected chi connectivity index (χ2v) is 33.5. The number of halogens is 4. The first kappa shape index (κ1) is 73.0. The van der Waals surface area contributed by atoms with E-state index in [2.05, 4.69) is 83.1 Å². The second-order valence-electron chi connectivity index (χ2n) is 26.1. The first-order valence-corrected chi connectivity index (χ1v) is 41.0. The van der Waals surface area contributed by atoms with Crippen LogP contribution in [0.2, 0.25) is 0 Å². The van der Waals surface area contributed by atoms with Gasteiger partial charge in [0.15, 0.2) is 0 Å². The van der Waals surface area contributed by atoms with E-state index in [9.17, 15) is 0 Å². The van der Waals surface area contributed by atoms with Gasteiger partial charge in [0.2, 0.25) is 0 Å². The zero-order valence-corrected chi connectivity index (χ0v) is 56.5. The summed E-state index contributed by atoms with van der Waals surface area (Å²) >= 11 is -1.65. The number of unbranched alkanes of at least 4 members (excludes halogenated alkanes) is 4. The molecule has 0 aromatic heterocycles. The summed E-state index contributed by atoms with van der Waals surface area (Å²) in [5.74, 6) is 17.1. The SMILES string of the molecule is CC(C)(C)C1CCC2C(CC3CC(C(C)(C)C)CCC32)C1.CC1CC(C)C(C)C1C.CCCCC1CCCC1.CCCCCCC1CCC2C(C1)CC1CCCCC12.[CH3-].[CH3-].[CH3-].[CH3-].[Cl][Zr+2][Cl].[Cl][Zr+2][Cl]. The molecule has 6 heteroatoms. The predicted molar refractivity (Wildman–Crippen MR) is 307 cm³/mol. The van der Waals surface area contributed by atoms with Gasteiger partial charge in [0, 0.05) is 0 Å². The summed E-state index contributed by atoms with van der Waals surface area (Å²) in [6.45, 7) is 29.0. The van der Waals surface area contributed by atoms with Gasteiger partial charge >= 0.3 is 75.7 Å². The van der Waals surface area contributed by atoms with Gasteiger partial charge in [0.1, 0.15) is 0 Å². The molecule has 0 N–H and O–H groups in total. The number of hydrogen-bond acceptors (Lipinski definition) is 0. The Hall–Kier alpha value is 2.93. The van der Waals surface area contributed by atoms with Crippen LogP contribution in [0.4, 0.5) is 0 Å². The Labute approximate surface area is 469 Å².